The Balaban J connectivity index is 2.18. The molecule has 104 valence electrons. The first-order chi connectivity index (χ1) is 9.47. The average Bonchev–Trinajstić information content (AvgIpc) is 2.40. The third-order valence-corrected chi connectivity index (χ3v) is 3.57. The van der Waals surface area contributed by atoms with Crippen molar-refractivity contribution in [2.24, 2.45) is 0 Å². The van der Waals surface area contributed by atoms with Crippen molar-refractivity contribution in [2.45, 2.75) is 6.54 Å². The molecule has 1 amide bonds. The Labute approximate surface area is 125 Å². The zero-order valence-electron chi connectivity index (χ0n) is 10.9. The fourth-order valence-electron chi connectivity index (χ4n) is 1.90. The lowest BCUT2D eigenvalue weighted by atomic mass is 10.1. The first-order valence-corrected chi connectivity index (χ1v) is 6.81. The second kappa shape index (κ2) is 6.05. The summed E-state index contributed by atoms with van der Waals surface area (Å²) in [5, 5.41) is 0. The molecule has 2 rings (SSSR count). The molecule has 5 heteroatoms. The summed E-state index contributed by atoms with van der Waals surface area (Å²) < 4.78 is 13.8. The summed E-state index contributed by atoms with van der Waals surface area (Å²) in [6.45, 7) is 0.410. The van der Waals surface area contributed by atoms with Crippen molar-refractivity contribution in [1.29, 1.82) is 0 Å². The molecule has 0 radical (unpaired) electrons. The lowest BCUT2D eigenvalue weighted by molar-refractivity contribution is 0.0783. The Bertz CT molecular complexity index is 646. The quantitative estimate of drug-likeness (QED) is 0.872. The number of halogens is 2. The van der Waals surface area contributed by atoms with E-state index in [1.165, 1.54) is 23.1 Å². The van der Waals surface area contributed by atoms with Gasteiger partial charge in [-0.3, -0.25) is 4.79 Å². The van der Waals surface area contributed by atoms with Crippen LogP contribution in [0.25, 0.3) is 0 Å². The van der Waals surface area contributed by atoms with Crippen molar-refractivity contribution in [3.8, 4) is 0 Å². The molecular weight excluding hydrogens is 323 g/mol. The second-order valence-electron chi connectivity index (χ2n) is 4.53. The van der Waals surface area contributed by atoms with E-state index in [0.29, 0.717) is 22.3 Å². The zero-order valence-corrected chi connectivity index (χ0v) is 12.5. The summed E-state index contributed by atoms with van der Waals surface area (Å²) in [7, 11) is 1.67. The van der Waals surface area contributed by atoms with Gasteiger partial charge in [0.2, 0.25) is 0 Å². The van der Waals surface area contributed by atoms with Crippen molar-refractivity contribution in [2.75, 3.05) is 12.8 Å². The normalized spacial score (nSPS) is 10.3. The van der Waals surface area contributed by atoms with Crippen LogP contribution in [0.2, 0.25) is 0 Å². The lowest BCUT2D eigenvalue weighted by Gasteiger charge is -2.18. The van der Waals surface area contributed by atoms with Gasteiger partial charge in [0, 0.05) is 23.8 Å². The summed E-state index contributed by atoms with van der Waals surface area (Å²) in [5.74, 6) is -0.687. The molecule has 0 saturated heterocycles. The highest BCUT2D eigenvalue weighted by atomic mass is 79.9. The minimum Gasteiger partial charge on any atom is -0.399 e. The minimum atomic E-state index is -0.436. The fourth-order valence-corrected chi connectivity index (χ4v) is 2.32. The zero-order chi connectivity index (χ0) is 14.7. The highest BCUT2D eigenvalue weighted by Gasteiger charge is 2.16. The first-order valence-electron chi connectivity index (χ1n) is 6.02. The third kappa shape index (κ3) is 3.36. The van der Waals surface area contributed by atoms with Crippen LogP contribution in [0.3, 0.4) is 0 Å². The van der Waals surface area contributed by atoms with E-state index in [1.54, 1.807) is 13.1 Å². The number of benzene rings is 2. The molecule has 0 aliphatic carbocycles. The van der Waals surface area contributed by atoms with Crippen molar-refractivity contribution in [3.05, 3.63) is 63.9 Å². The smallest absolute Gasteiger partial charge is 0.255 e. The van der Waals surface area contributed by atoms with Crippen LogP contribution in [0, 0.1) is 5.82 Å². The highest BCUT2D eigenvalue weighted by Crippen LogP contribution is 2.20. The van der Waals surface area contributed by atoms with Crippen LogP contribution in [-0.2, 0) is 6.54 Å². The summed E-state index contributed by atoms with van der Waals surface area (Å²) in [5.41, 5.74) is 7.58. The van der Waals surface area contributed by atoms with Crippen LogP contribution in [0.4, 0.5) is 10.1 Å². The minimum absolute atomic E-state index is 0.251. The van der Waals surface area contributed by atoms with Gasteiger partial charge in [0.25, 0.3) is 5.91 Å². The molecule has 2 aromatic rings. The molecule has 0 fully saturated rings. The number of nitrogens with two attached hydrogens (primary N) is 1. The number of hydrogen-bond donors (Lipinski definition) is 1. The largest absolute Gasteiger partial charge is 0.399 e. The topological polar surface area (TPSA) is 46.3 Å². The lowest BCUT2D eigenvalue weighted by Crippen LogP contribution is -2.26. The number of anilines is 1. The van der Waals surface area contributed by atoms with Crippen LogP contribution in [0.5, 0.6) is 0 Å². The maximum Gasteiger partial charge on any atom is 0.255 e. The van der Waals surface area contributed by atoms with Crippen molar-refractivity contribution in [3.63, 3.8) is 0 Å². The number of nitrogen functional groups attached to an aromatic ring is 1. The maximum atomic E-state index is 13.2. The summed E-state index contributed by atoms with van der Waals surface area (Å²) in [6.07, 6.45) is 0. The van der Waals surface area contributed by atoms with E-state index in [9.17, 15) is 9.18 Å². The van der Waals surface area contributed by atoms with E-state index < -0.39 is 5.82 Å². The van der Waals surface area contributed by atoms with Gasteiger partial charge in [-0.25, -0.2) is 4.39 Å². The number of carbonyl (C=O) groups excluding carboxylic acids is 1. The molecule has 0 aliphatic heterocycles. The molecule has 0 spiro atoms. The van der Waals surface area contributed by atoms with Gasteiger partial charge in [-0.2, -0.15) is 0 Å². The van der Waals surface area contributed by atoms with Gasteiger partial charge < -0.3 is 10.6 Å². The molecule has 0 heterocycles. The molecular formula is C15H14BrFN2O. The third-order valence-electron chi connectivity index (χ3n) is 2.88. The van der Waals surface area contributed by atoms with E-state index >= 15 is 0 Å². The van der Waals surface area contributed by atoms with Gasteiger partial charge in [0.05, 0.1) is 5.56 Å². The molecule has 0 aromatic heterocycles. The maximum absolute atomic E-state index is 13.2. The monoisotopic (exact) mass is 336 g/mol. The van der Waals surface area contributed by atoms with Gasteiger partial charge in [0.15, 0.2) is 0 Å². The van der Waals surface area contributed by atoms with E-state index in [1.807, 2.05) is 18.2 Å². The van der Waals surface area contributed by atoms with Crippen LogP contribution >= 0.6 is 15.9 Å². The van der Waals surface area contributed by atoms with Gasteiger partial charge >= 0.3 is 0 Å². The molecule has 0 unspecified atom stereocenters. The molecule has 2 N–H and O–H groups in total. The Hall–Kier alpha value is -1.88. The number of hydrogen-bond acceptors (Lipinski definition) is 2. The molecule has 20 heavy (non-hydrogen) atoms. The number of nitrogens with zero attached hydrogens (tertiary/aromatic N) is 1. The standard InChI is InChI=1S/C15H14BrFN2O/c1-19(9-10-3-2-4-12(18)7-10)15(20)13-8-11(17)5-6-14(13)16/h2-8H,9,18H2,1H3. The predicted molar refractivity (Wildman–Crippen MR) is 80.8 cm³/mol. The molecule has 3 nitrogen and oxygen atoms in total. The molecule has 0 bridgehead atoms. The molecule has 2 aromatic carbocycles. The number of amides is 1. The molecule has 0 aliphatic rings. The Morgan fingerprint density at radius 3 is 2.75 bits per heavy atom. The first kappa shape index (κ1) is 14.5. The second-order valence-corrected chi connectivity index (χ2v) is 5.38. The van der Waals surface area contributed by atoms with Gasteiger partial charge in [-0.1, -0.05) is 12.1 Å². The van der Waals surface area contributed by atoms with Crippen LogP contribution in [-0.4, -0.2) is 17.9 Å². The van der Waals surface area contributed by atoms with E-state index in [0.717, 1.165) is 5.56 Å². The van der Waals surface area contributed by atoms with Crippen molar-refractivity contribution in [1.82, 2.24) is 4.90 Å². The Morgan fingerprint density at radius 2 is 2.05 bits per heavy atom. The summed E-state index contributed by atoms with van der Waals surface area (Å²) in [6, 6.07) is 11.4. The van der Waals surface area contributed by atoms with Crippen molar-refractivity contribution < 1.29 is 9.18 Å². The van der Waals surface area contributed by atoms with Gasteiger partial charge in [0.1, 0.15) is 5.82 Å². The Morgan fingerprint density at radius 1 is 1.30 bits per heavy atom. The highest BCUT2D eigenvalue weighted by molar-refractivity contribution is 9.10. The van der Waals surface area contributed by atoms with Crippen molar-refractivity contribution >= 4 is 27.5 Å². The summed E-state index contributed by atoms with van der Waals surface area (Å²) >= 11 is 3.26. The average molecular weight is 337 g/mol. The Kier molecular flexibility index (Phi) is 4.39. The van der Waals surface area contributed by atoms with Crippen LogP contribution in [0.1, 0.15) is 15.9 Å². The van der Waals surface area contributed by atoms with E-state index in [4.69, 9.17) is 5.73 Å². The molecule has 0 atom stereocenters. The van der Waals surface area contributed by atoms with E-state index in [-0.39, 0.29) is 5.91 Å². The van der Waals surface area contributed by atoms with Crippen LogP contribution in [0.15, 0.2) is 46.9 Å². The SMILES string of the molecule is CN(Cc1cccc(N)c1)C(=O)c1cc(F)ccc1Br. The number of rotatable bonds is 3. The predicted octanol–water partition coefficient (Wildman–Crippen LogP) is 3.44. The fraction of sp³-hybridized carbons (Fsp3) is 0.133. The summed E-state index contributed by atoms with van der Waals surface area (Å²) in [4.78, 5) is 13.8. The molecule has 0 saturated carbocycles. The van der Waals surface area contributed by atoms with Gasteiger partial charge in [-0.15, -0.1) is 0 Å². The number of carbonyl (C=O) groups is 1. The van der Waals surface area contributed by atoms with Gasteiger partial charge in [-0.05, 0) is 51.8 Å². The van der Waals surface area contributed by atoms with E-state index in [2.05, 4.69) is 15.9 Å². The van der Waals surface area contributed by atoms with Crippen LogP contribution < -0.4 is 5.73 Å².